The Balaban J connectivity index is 1.47. The van der Waals surface area contributed by atoms with Gasteiger partial charge in [0, 0.05) is 31.7 Å². The van der Waals surface area contributed by atoms with E-state index in [0.717, 1.165) is 30.9 Å². The number of nitrogens with zero attached hydrogens (tertiary/aromatic N) is 1. The quantitative estimate of drug-likeness (QED) is 0.913. The first-order valence-corrected chi connectivity index (χ1v) is 8.00. The predicted octanol–water partition coefficient (Wildman–Crippen LogP) is 1.39. The van der Waals surface area contributed by atoms with Gasteiger partial charge in [-0.05, 0) is 19.9 Å². The van der Waals surface area contributed by atoms with Crippen molar-refractivity contribution in [3.8, 4) is 5.75 Å². The molecule has 1 saturated heterocycles. The summed E-state index contributed by atoms with van der Waals surface area (Å²) in [6.07, 6.45) is 0.518. The number of rotatable bonds is 4. The van der Waals surface area contributed by atoms with Crippen LogP contribution in [-0.4, -0.2) is 55.8 Å². The van der Waals surface area contributed by atoms with Gasteiger partial charge in [0.05, 0.1) is 12.2 Å². The number of nitrogens with one attached hydrogen (secondary N) is 1. The van der Waals surface area contributed by atoms with Crippen molar-refractivity contribution in [3.05, 3.63) is 29.8 Å². The number of hydrogen-bond donors (Lipinski definition) is 1. The number of carbonyl (C=O) groups is 1. The van der Waals surface area contributed by atoms with Crippen LogP contribution in [0.1, 0.15) is 25.3 Å². The molecule has 0 bridgehead atoms. The van der Waals surface area contributed by atoms with Crippen LogP contribution in [0.15, 0.2) is 24.3 Å². The number of morpholine rings is 1. The summed E-state index contributed by atoms with van der Waals surface area (Å²) in [5, 5.41) is 3.04. The molecule has 1 fully saturated rings. The highest BCUT2D eigenvalue weighted by atomic mass is 16.5. The lowest BCUT2D eigenvalue weighted by Gasteiger charge is -2.35. The molecule has 0 radical (unpaired) electrons. The number of para-hydroxylation sites is 1. The fourth-order valence-corrected chi connectivity index (χ4v) is 3.31. The van der Waals surface area contributed by atoms with Gasteiger partial charge in [0.2, 0.25) is 5.91 Å². The number of benzene rings is 1. The average molecular weight is 304 g/mol. The zero-order chi connectivity index (χ0) is 15.5. The smallest absolute Gasteiger partial charge is 0.231 e. The number of ether oxygens (including phenoxy) is 2. The largest absolute Gasteiger partial charge is 0.492 e. The van der Waals surface area contributed by atoms with E-state index in [1.807, 2.05) is 24.3 Å². The lowest BCUT2D eigenvalue weighted by molar-refractivity contribution is -0.122. The maximum Gasteiger partial charge on any atom is 0.231 e. The molecule has 2 heterocycles. The van der Waals surface area contributed by atoms with Crippen molar-refractivity contribution in [2.24, 2.45) is 0 Å². The molecule has 0 aromatic heterocycles. The van der Waals surface area contributed by atoms with Gasteiger partial charge in [-0.1, -0.05) is 18.2 Å². The number of fused-ring (bicyclic) bond motifs is 1. The van der Waals surface area contributed by atoms with Crippen LogP contribution in [0.5, 0.6) is 5.75 Å². The van der Waals surface area contributed by atoms with Crippen LogP contribution in [0, 0.1) is 0 Å². The summed E-state index contributed by atoms with van der Waals surface area (Å²) >= 11 is 0. The minimum Gasteiger partial charge on any atom is -0.492 e. The molecule has 1 amide bonds. The second kappa shape index (κ2) is 6.67. The molecule has 1 aromatic carbocycles. The lowest BCUT2D eigenvalue weighted by Crippen LogP contribution is -2.48. The Bertz CT molecular complexity index is 524. The molecule has 0 saturated carbocycles. The highest BCUT2D eigenvalue weighted by Gasteiger charge is 2.30. The van der Waals surface area contributed by atoms with Crippen LogP contribution in [-0.2, 0) is 9.53 Å². The Labute approximate surface area is 131 Å². The van der Waals surface area contributed by atoms with Gasteiger partial charge < -0.3 is 14.8 Å². The number of amides is 1. The third kappa shape index (κ3) is 3.42. The molecule has 2 aliphatic heterocycles. The van der Waals surface area contributed by atoms with Crippen molar-refractivity contribution in [3.63, 3.8) is 0 Å². The van der Waals surface area contributed by atoms with Crippen molar-refractivity contribution in [2.45, 2.75) is 32.0 Å². The fourth-order valence-electron chi connectivity index (χ4n) is 3.31. The monoisotopic (exact) mass is 304 g/mol. The molecular weight excluding hydrogens is 280 g/mol. The van der Waals surface area contributed by atoms with Crippen LogP contribution in [0.2, 0.25) is 0 Å². The van der Waals surface area contributed by atoms with Gasteiger partial charge in [0.1, 0.15) is 18.3 Å². The summed E-state index contributed by atoms with van der Waals surface area (Å²) in [5.74, 6) is 0.705. The minimum absolute atomic E-state index is 0.0549. The summed E-state index contributed by atoms with van der Waals surface area (Å²) in [7, 11) is 0. The molecule has 1 aromatic rings. The molecule has 0 aliphatic carbocycles. The Morgan fingerprint density at radius 3 is 2.77 bits per heavy atom. The van der Waals surface area contributed by atoms with E-state index in [1.54, 1.807) is 0 Å². The molecule has 3 rings (SSSR count). The number of hydrogen-bond acceptors (Lipinski definition) is 4. The summed E-state index contributed by atoms with van der Waals surface area (Å²) in [6.45, 7) is 8.00. The Morgan fingerprint density at radius 2 is 2.00 bits per heavy atom. The van der Waals surface area contributed by atoms with Crippen molar-refractivity contribution in [1.82, 2.24) is 10.2 Å². The van der Waals surface area contributed by atoms with Crippen LogP contribution in [0.3, 0.4) is 0 Å². The van der Waals surface area contributed by atoms with Crippen LogP contribution >= 0.6 is 0 Å². The molecular formula is C17H24N2O3. The van der Waals surface area contributed by atoms with Crippen LogP contribution in [0.4, 0.5) is 0 Å². The van der Waals surface area contributed by atoms with Crippen molar-refractivity contribution in [1.29, 1.82) is 0 Å². The fraction of sp³-hybridized carbons (Fsp3) is 0.588. The maximum atomic E-state index is 12.3. The predicted molar refractivity (Wildman–Crippen MR) is 84.1 cm³/mol. The molecule has 0 spiro atoms. The first-order chi connectivity index (χ1) is 10.6. The van der Waals surface area contributed by atoms with Gasteiger partial charge in [-0.15, -0.1) is 0 Å². The molecule has 5 heteroatoms. The Morgan fingerprint density at radius 1 is 1.27 bits per heavy atom. The highest BCUT2D eigenvalue weighted by Crippen LogP contribution is 2.33. The molecule has 1 N–H and O–H groups in total. The van der Waals surface area contributed by atoms with Gasteiger partial charge in [-0.3, -0.25) is 9.69 Å². The van der Waals surface area contributed by atoms with Crippen molar-refractivity contribution in [2.75, 3.05) is 32.8 Å². The SMILES string of the molecule is C[C@@H]1CN(CCNC(=O)[C@@H]2COc3ccccc32)C[C@H](C)O1. The first-order valence-electron chi connectivity index (χ1n) is 8.00. The van der Waals surface area contributed by atoms with E-state index < -0.39 is 0 Å². The molecule has 2 aliphatic rings. The van der Waals surface area contributed by atoms with Gasteiger partial charge in [-0.2, -0.15) is 0 Å². The minimum atomic E-state index is -0.182. The van der Waals surface area contributed by atoms with Crippen molar-refractivity contribution < 1.29 is 14.3 Å². The van der Waals surface area contributed by atoms with Crippen LogP contribution in [0.25, 0.3) is 0 Å². The summed E-state index contributed by atoms with van der Waals surface area (Å²) < 4.78 is 11.3. The van der Waals surface area contributed by atoms with Gasteiger partial charge in [0.15, 0.2) is 0 Å². The summed E-state index contributed by atoms with van der Waals surface area (Å²) in [4.78, 5) is 14.7. The molecule has 5 nitrogen and oxygen atoms in total. The van der Waals surface area contributed by atoms with E-state index in [-0.39, 0.29) is 24.0 Å². The zero-order valence-electron chi connectivity index (χ0n) is 13.2. The van der Waals surface area contributed by atoms with Gasteiger partial charge >= 0.3 is 0 Å². The second-order valence-corrected chi connectivity index (χ2v) is 6.21. The molecule has 0 unspecified atom stereocenters. The van der Waals surface area contributed by atoms with Crippen molar-refractivity contribution >= 4 is 5.91 Å². The molecule has 3 atom stereocenters. The average Bonchev–Trinajstić information content (AvgIpc) is 2.90. The van der Waals surface area contributed by atoms with E-state index in [1.165, 1.54) is 0 Å². The van der Waals surface area contributed by atoms with Crippen LogP contribution < -0.4 is 10.1 Å². The topological polar surface area (TPSA) is 50.8 Å². The standard InChI is InChI=1S/C17H24N2O3/c1-12-9-19(10-13(2)22-12)8-7-18-17(20)15-11-21-16-6-4-3-5-14(15)16/h3-6,12-13,15H,7-11H2,1-2H3,(H,18,20)/t12-,13+,15-/m1/s1. The highest BCUT2D eigenvalue weighted by molar-refractivity contribution is 5.85. The van der Waals surface area contributed by atoms with Gasteiger partial charge in [-0.25, -0.2) is 0 Å². The first kappa shape index (κ1) is 15.3. The van der Waals surface area contributed by atoms with Gasteiger partial charge in [0.25, 0.3) is 0 Å². The summed E-state index contributed by atoms with van der Waals surface area (Å²) in [6, 6.07) is 7.77. The van der Waals surface area contributed by atoms with E-state index >= 15 is 0 Å². The molecule has 22 heavy (non-hydrogen) atoms. The zero-order valence-corrected chi connectivity index (χ0v) is 13.2. The third-order valence-electron chi connectivity index (χ3n) is 4.24. The summed E-state index contributed by atoms with van der Waals surface area (Å²) in [5.41, 5.74) is 0.994. The number of carbonyl (C=O) groups excluding carboxylic acids is 1. The van der Waals surface area contributed by atoms with E-state index in [0.29, 0.717) is 13.2 Å². The second-order valence-electron chi connectivity index (χ2n) is 6.21. The maximum absolute atomic E-state index is 12.3. The van der Waals surface area contributed by atoms with E-state index in [2.05, 4.69) is 24.1 Å². The lowest BCUT2D eigenvalue weighted by atomic mass is 10.0. The third-order valence-corrected chi connectivity index (χ3v) is 4.24. The van der Waals surface area contributed by atoms with E-state index in [9.17, 15) is 4.79 Å². The molecule has 120 valence electrons. The van der Waals surface area contributed by atoms with E-state index in [4.69, 9.17) is 9.47 Å². The Hall–Kier alpha value is -1.59. The Kier molecular flexibility index (Phi) is 4.64. The normalized spacial score (nSPS) is 28.0.